The van der Waals surface area contributed by atoms with E-state index >= 15 is 0 Å². The molecule has 1 atom stereocenters. The van der Waals surface area contributed by atoms with Crippen LogP contribution in [0, 0.1) is 6.92 Å². The third kappa shape index (κ3) is 3.61. The number of hydrogen-bond donors (Lipinski definition) is 0. The molecule has 0 radical (unpaired) electrons. The fourth-order valence-electron chi connectivity index (χ4n) is 3.08. The van der Waals surface area contributed by atoms with Gasteiger partial charge in [0, 0.05) is 32.6 Å². The van der Waals surface area contributed by atoms with Crippen LogP contribution in [-0.2, 0) is 14.3 Å². The maximum atomic E-state index is 11.8. The van der Waals surface area contributed by atoms with Crippen molar-refractivity contribution < 1.29 is 19.0 Å². The quantitative estimate of drug-likeness (QED) is 0.736. The number of carbonyl (C=O) groups excluding carboxylic acids is 1. The Balaban J connectivity index is 0.00000208. The van der Waals surface area contributed by atoms with E-state index in [-0.39, 0.29) is 13.4 Å². The third-order valence-electron chi connectivity index (χ3n) is 4.39. The molecule has 2 heterocycles. The standard InChI is InChI=1S/C16H23N3O4.CH4/c1-11-17-13(19-8-4-5-12(19)10-21-2)9-14(18-11)23-16(6-7-16)15(20)22-3;/h9,12H,4-8,10H2,1-3H3;1H4/t12-;/m0./s1. The lowest BCUT2D eigenvalue weighted by Crippen LogP contribution is -2.34. The van der Waals surface area contributed by atoms with Crippen LogP contribution in [0.1, 0.15) is 38.9 Å². The summed E-state index contributed by atoms with van der Waals surface area (Å²) >= 11 is 0. The van der Waals surface area contributed by atoms with Gasteiger partial charge in [-0.2, -0.15) is 4.98 Å². The molecular weight excluding hydrogens is 310 g/mol. The second-order valence-electron chi connectivity index (χ2n) is 6.14. The third-order valence-corrected chi connectivity index (χ3v) is 4.39. The van der Waals surface area contributed by atoms with Gasteiger partial charge in [-0.3, -0.25) is 0 Å². The van der Waals surface area contributed by atoms with Crippen molar-refractivity contribution in [2.24, 2.45) is 0 Å². The summed E-state index contributed by atoms with van der Waals surface area (Å²) in [4.78, 5) is 22.9. The second kappa shape index (κ2) is 7.34. The molecule has 1 aliphatic carbocycles. The van der Waals surface area contributed by atoms with Gasteiger partial charge in [-0.25, -0.2) is 9.78 Å². The highest BCUT2D eigenvalue weighted by molar-refractivity contribution is 5.83. The van der Waals surface area contributed by atoms with Crippen LogP contribution in [0.5, 0.6) is 5.88 Å². The zero-order chi connectivity index (χ0) is 16.4. The summed E-state index contributed by atoms with van der Waals surface area (Å²) in [5.41, 5.74) is -0.857. The maximum absolute atomic E-state index is 11.8. The molecule has 0 aromatic carbocycles. The molecule has 1 aromatic heterocycles. The number of aromatic nitrogens is 2. The highest BCUT2D eigenvalue weighted by Gasteiger charge is 2.54. The van der Waals surface area contributed by atoms with Crippen molar-refractivity contribution in [2.45, 2.75) is 51.7 Å². The Labute approximate surface area is 143 Å². The van der Waals surface area contributed by atoms with E-state index in [1.807, 2.05) is 13.0 Å². The van der Waals surface area contributed by atoms with Crippen LogP contribution < -0.4 is 9.64 Å². The van der Waals surface area contributed by atoms with E-state index in [2.05, 4.69) is 14.9 Å². The van der Waals surface area contributed by atoms with Gasteiger partial charge in [-0.1, -0.05) is 7.43 Å². The van der Waals surface area contributed by atoms with E-state index in [9.17, 15) is 4.79 Å². The summed E-state index contributed by atoms with van der Waals surface area (Å²) in [7, 11) is 3.09. The van der Waals surface area contributed by atoms with Gasteiger partial charge >= 0.3 is 5.97 Å². The van der Waals surface area contributed by atoms with Crippen molar-refractivity contribution in [1.29, 1.82) is 0 Å². The molecule has 0 unspecified atom stereocenters. The Morgan fingerprint density at radius 1 is 1.38 bits per heavy atom. The minimum atomic E-state index is -0.857. The number of rotatable bonds is 6. The van der Waals surface area contributed by atoms with Gasteiger partial charge in [-0.15, -0.1) is 0 Å². The largest absolute Gasteiger partial charge is 0.466 e. The average molecular weight is 337 g/mol. The van der Waals surface area contributed by atoms with Crippen molar-refractivity contribution in [2.75, 3.05) is 32.3 Å². The molecule has 1 saturated carbocycles. The fraction of sp³-hybridized carbons (Fsp3) is 0.706. The van der Waals surface area contributed by atoms with Crippen molar-refractivity contribution >= 4 is 11.8 Å². The van der Waals surface area contributed by atoms with Crippen LogP contribution in [-0.4, -0.2) is 55.0 Å². The zero-order valence-electron chi connectivity index (χ0n) is 13.9. The molecule has 2 aliphatic rings. The first-order valence-electron chi connectivity index (χ1n) is 7.97. The van der Waals surface area contributed by atoms with E-state index in [0.717, 1.165) is 25.2 Å². The molecule has 7 heteroatoms. The van der Waals surface area contributed by atoms with Crippen molar-refractivity contribution in [3.05, 3.63) is 11.9 Å². The summed E-state index contributed by atoms with van der Waals surface area (Å²) in [6.07, 6.45) is 3.51. The van der Waals surface area contributed by atoms with Crippen LogP contribution in [0.4, 0.5) is 5.82 Å². The molecule has 7 nitrogen and oxygen atoms in total. The monoisotopic (exact) mass is 337 g/mol. The first kappa shape index (κ1) is 18.4. The number of methoxy groups -OCH3 is 2. The first-order chi connectivity index (χ1) is 11.1. The number of hydrogen-bond acceptors (Lipinski definition) is 7. The van der Waals surface area contributed by atoms with Crippen LogP contribution in [0.15, 0.2) is 6.07 Å². The van der Waals surface area contributed by atoms with Crippen molar-refractivity contribution in [3.8, 4) is 5.88 Å². The number of esters is 1. The number of anilines is 1. The van der Waals surface area contributed by atoms with Gasteiger partial charge < -0.3 is 19.1 Å². The van der Waals surface area contributed by atoms with E-state index < -0.39 is 5.60 Å². The van der Waals surface area contributed by atoms with Gasteiger partial charge in [0.15, 0.2) is 0 Å². The smallest absolute Gasteiger partial charge is 0.350 e. The van der Waals surface area contributed by atoms with E-state index in [1.165, 1.54) is 7.11 Å². The Kier molecular flexibility index (Phi) is 5.64. The minimum absolute atomic E-state index is 0. The first-order valence-corrected chi connectivity index (χ1v) is 7.97. The lowest BCUT2D eigenvalue weighted by atomic mass is 10.2. The molecule has 3 rings (SSSR count). The van der Waals surface area contributed by atoms with E-state index in [0.29, 0.717) is 37.2 Å². The van der Waals surface area contributed by atoms with Crippen molar-refractivity contribution in [3.63, 3.8) is 0 Å². The second-order valence-corrected chi connectivity index (χ2v) is 6.14. The fourth-order valence-corrected chi connectivity index (χ4v) is 3.08. The van der Waals surface area contributed by atoms with Crippen LogP contribution in [0.2, 0.25) is 0 Å². The molecule has 24 heavy (non-hydrogen) atoms. The average Bonchev–Trinajstić information content (AvgIpc) is 3.15. The lowest BCUT2D eigenvalue weighted by molar-refractivity contribution is -0.151. The SMILES string of the molecule is C.COC[C@@H]1CCCN1c1cc(OC2(C(=O)OC)CC2)nc(C)n1. The summed E-state index contributed by atoms with van der Waals surface area (Å²) < 4.78 is 16.0. The normalized spacial score (nSPS) is 21.1. The number of ether oxygens (including phenoxy) is 3. The number of nitrogens with zero attached hydrogens (tertiary/aromatic N) is 3. The molecule has 0 bridgehead atoms. The van der Waals surface area contributed by atoms with E-state index in [4.69, 9.17) is 14.2 Å². The van der Waals surface area contributed by atoms with Crippen molar-refractivity contribution in [1.82, 2.24) is 9.97 Å². The van der Waals surface area contributed by atoms with Crippen LogP contribution in [0.3, 0.4) is 0 Å². The maximum Gasteiger partial charge on any atom is 0.350 e. The topological polar surface area (TPSA) is 73.8 Å². The molecule has 0 amide bonds. The molecule has 1 aliphatic heterocycles. The van der Waals surface area contributed by atoms with E-state index in [1.54, 1.807) is 7.11 Å². The Bertz CT molecular complexity index is 589. The summed E-state index contributed by atoms with van der Waals surface area (Å²) in [5.74, 6) is 1.54. The predicted molar refractivity (Wildman–Crippen MR) is 90.4 cm³/mol. The summed E-state index contributed by atoms with van der Waals surface area (Å²) in [6, 6.07) is 2.13. The Morgan fingerprint density at radius 3 is 2.75 bits per heavy atom. The number of carbonyl (C=O) groups is 1. The molecular formula is C17H27N3O4. The molecule has 1 saturated heterocycles. The number of aryl methyl sites for hydroxylation is 1. The minimum Gasteiger partial charge on any atom is -0.466 e. The molecule has 134 valence electrons. The van der Waals surface area contributed by atoms with Gasteiger partial charge in [0.2, 0.25) is 11.5 Å². The predicted octanol–water partition coefficient (Wildman–Crippen LogP) is 2.12. The summed E-state index contributed by atoms with van der Waals surface area (Å²) in [6.45, 7) is 3.44. The van der Waals surface area contributed by atoms with Crippen LogP contribution >= 0.6 is 0 Å². The van der Waals surface area contributed by atoms with Gasteiger partial charge in [0.25, 0.3) is 0 Å². The van der Waals surface area contributed by atoms with Crippen LogP contribution in [0.25, 0.3) is 0 Å². The van der Waals surface area contributed by atoms with Gasteiger partial charge in [0.1, 0.15) is 11.6 Å². The summed E-state index contributed by atoms with van der Waals surface area (Å²) in [5, 5.41) is 0. The molecule has 0 spiro atoms. The highest BCUT2D eigenvalue weighted by Crippen LogP contribution is 2.41. The highest BCUT2D eigenvalue weighted by atomic mass is 16.6. The molecule has 2 fully saturated rings. The molecule has 0 N–H and O–H groups in total. The van der Waals surface area contributed by atoms with Gasteiger partial charge in [-0.05, 0) is 19.8 Å². The Hall–Kier alpha value is -1.89. The Morgan fingerprint density at radius 2 is 2.12 bits per heavy atom. The molecule has 1 aromatic rings. The van der Waals surface area contributed by atoms with Gasteiger partial charge in [0.05, 0.1) is 19.8 Å². The lowest BCUT2D eigenvalue weighted by Gasteiger charge is -2.26. The zero-order valence-corrected chi connectivity index (χ0v) is 13.9.